The van der Waals surface area contributed by atoms with E-state index in [1.54, 1.807) is 0 Å². The molecule has 20 heavy (non-hydrogen) atoms. The molecule has 2 fully saturated rings. The smallest absolute Gasteiger partial charge is 0.277 e. The first kappa shape index (κ1) is 15.0. The first-order valence-electron chi connectivity index (χ1n) is 7.74. The van der Waals surface area contributed by atoms with Crippen LogP contribution in [0.25, 0.3) is 0 Å². The van der Waals surface area contributed by atoms with Crippen LogP contribution in [0.3, 0.4) is 0 Å². The first-order valence-corrected chi connectivity index (χ1v) is 7.74. The van der Waals surface area contributed by atoms with Gasteiger partial charge in [0.25, 0.3) is 0 Å². The number of amides is 4. The average molecular weight is 280 g/mol. The minimum atomic E-state index is -0.649. The summed E-state index contributed by atoms with van der Waals surface area (Å²) in [6.45, 7) is 4.54. The first-order chi connectivity index (χ1) is 9.58. The Morgan fingerprint density at radius 2 is 1.75 bits per heavy atom. The van der Waals surface area contributed by atoms with Crippen molar-refractivity contribution in [1.29, 1.82) is 0 Å². The lowest BCUT2D eigenvalue weighted by Gasteiger charge is -2.34. The molecule has 0 aromatic carbocycles. The van der Waals surface area contributed by atoms with Gasteiger partial charge in [-0.1, -0.05) is 39.5 Å². The third-order valence-corrected chi connectivity index (χ3v) is 4.76. The Morgan fingerprint density at radius 1 is 1.15 bits per heavy atom. The quantitative estimate of drug-likeness (QED) is 0.786. The van der Waals surface area contributed by atoms with E-state index in [4.69, 9.17) is 0 Å². The normalized spacial score (nSPS) is 24.6. The third kappa shape index (κ3) is 2.86. The molecule has 1 aliphatic heterocycles. The predicted molar refractivity (Wildman–Crippen MR) is 74.8 cm³/mol. The van der Waals surface area contributed by atoms with Crippen molar-refractivity contribution in [3.05, 3.63) is 0 Å². The number of urea groups is 1. The molecular weight excluding hydrogens is 256 g/mol. The number of hydrogen-bond acceptors (Lipinski definition) is 3. The van der Waals surface area contributed by atoms with Gasteiger partial charge in [-0.25, -0.2) is 4.79 Å². The van der Waals surface area contributed by atoms with E-state index >= 15 is 0 Å². The lowest BCUT2D eigenvalue weighted by Crippen LogP contribution is -2.60. The Hall–Kier alpha value is -1.39. The fraction of sp³-hybridized carbons (Fsp3) is 0.800. The molecule has 1 heterocycles. The van der Waals surface area contributed by atoms with Crippen molar-refractivity contribution >= 4 is 17.8 Å². The zero-order valence-corrected chi connectivity index (χ0v) is 12.4. The largest absolute Gasteiger partial charge is 0.330 e. The Kier molecular flexibility index (Phi) is 4.78. The molecule has 1 N–H and O–H groups in total. The summed E-state index contributed by atoms with van der Waals surface area (Å²) < 4.78 is 0. The van der Waals surface area contributed by atoms with Crippen molar-refractivity contribution in [3.8, 4) is 0 Å². The Balaban J connectivity index is 2.13. The number of nitrogens with zero attached hydrogens (tertiary/aromatic N) is 1. The van der Waals surface area contributed by atoms with E-state index in [9.17, 15) is 14.4 Å². The number of rotatable bonds is 5. The molecule has 5 heteroatoms. The zero-order chi connectivity index (χ0) is 14.7. The number of carbonyl (C=O) groups excluding carboxylic acids is 3. The predicted octanol–water partition coefficient (Wildman–Crippen LogP) is 2.31. The SMILES string of the molecule is CCC(CC)CN1C(=O)NC(=O)C(C2CCCC2)C1=O. The van der Waals surface area contributed by atoms with Crippen LogP contribution in [0.5, 0.6) is 0 Å². The summed E-state index contributed by atoms with van der Waals surface area (Å²) in [5, 5.41) is 2.37. The fourth-order valence-electron chi connectivity index (χ4n) is 3.32. The van der Waals surface area contributed by atoms with E-state index < -0.39 is 17.9 Å². The van der Waals surface area contributed by atoms with Crippen LogP contribution in [0.15, 0.2) is 0 Å². The maximum atomic E-state index is 12.5. The van der Waals surface area contributed by atoms with Crippen molar-refractivity contribution in [1.82, 2.24) is 10.2 Å². The van der Waals surface area contributed by atoms with Gasteiger partial charge in [-0.15, -0.1) is 0 Å². The highest BCUT2D eigenvalue weighted by atomic mass is 16.2. The molecule has 0 radical (unpaired) electrons. The van der Waals surface area contributed by atoms with Gasteiger partial charge < -0.3 is 0 Å². The Labute approximate surface area is 120 Å². The van der Waals surface area contributed by atoms with Crippen LogP contribution in [-0.2, 0) is 9.59 Å². The van der Waals surface area contributed by atoms with Gasteiger partial charge in [0.15, 0.2) is 0 Å². The minimum Gasteiger partial charge on any atom is -0.277 e. The van der Waals surface area contributed by atoms with Crippen molar-refractivity contribution in [2.24, 2.45) is 17.8 Å². The number of imide groups is 2. The fourth-order valence-corrected chi connectivity index (χ4v) is 3.32. The summed E-state index contributed by atoms with van der Waals surface area (Å²) in [5.74, 6) is -0.906. The molecule has 4 amide bonds. The molecule has 1 saturated heterocycles. The van der Waals surface area contributed by atoms with Gasteiger partial charge >= 0.3 is 6.03 Å². The van der Waals surface area contributed by atoms with Gasteiger partial charge in [-0.05, 0) is 24.7 Å². The molecule has 1 atom stereocenters. The number of nitrogens with one attached hydrogen (secondary N) is 1. The van der Waals surface area contributed by atoms with Gasteiger partial charge in [0.2, 0.25) is 11.8 Å². The monoisotopic (exact) mass is 280 g/mol. The van der Waals surface area contributed by atoms with Crippen molar-refractivity contribution in [2.75, 3.05) is 6.54 Å². The third-order valence-electron chi connectivity index (χ3n) is 4.76. The van der Waals surface area contributed by atoms with Crippen molar-refractivity contribution in [2.45, 2.75) is 52.4 Å². The second-order valence-corrected chi connectivity index (χ2v) is 5.95. The highest BCUT2D eigenvalue weighted by molar-refractivity contribution is 6.16. The maximum absolute atomic E-state index is 12.5. The highest BCUT2D eigenvalue weighted by Crippen LogP contribution is 2.34. The Bertz CT molecular complexity index is 398. The molecule has 0 aromatic heterocycles. The highest BCUT2D eigenvalue weighted by Gasteiger charge is 2.45. The second kappa shape index (κ2) is 6.37. The van der Waals surface area contributed by atoms with Crippen LogP contribution in [0.4, 0.5) is 4.79 Å². The van der Waals surface area contributed by atoms with Gasteiger partial charge in [0, 0.05) is 6.54 Å². The van der Waals surface area contributed by atoms with Crippen LogP contribution in [-0.4, -0.2) is 29.3 Å². The summed E-state index contributed by atoms with van der Waals surface area (Å²) >= 11 is 0. The second-order valence-electron chi connectivity index (χ2n) is 5.95. The van der Waals surface area contributed by atoms with Crippen molar-refractivity contribution < 1.29 is 14.4 Å². The van der Waals surface area contributed by atoms with E-state index in [-0.39, 0.29) is 11.8 Å². The summed E-state index contributed by atoms with van der Waals surface area (Å²) in [6.07, 6.45) is 5.82. The molecular formula is C15H24N2O3. The molecule has 2 aliphatic rings. The summed E-state index contributed by atoms with van der Waals surface area (Å²) in [6, 6.07) is -0.541. The van der Waals surface area contributed by atoms with Crippen LogP contribution < -0.4 is 5.32 Å². The number of hydrogen-bond donors (Lipinski definition) is 1. The van der Waals surface area contributed by atoms with Gasteiger partial charge in [0.05, 0.1) is 0 Å². The van der Waals surface area contributed by atoms with Gasteiger partial charge in [-0.3, -0.25) is 19.8 Å². The average Bonchev–Trinajstić information content (AvgIpc) is 2.92. The van der Waals surface area contributed by atoms with E-state index in [0.29, 0.717) is 12.5 Å². The lowest BCUT2D eigenvalue weighted by atomic mass is 9.87. The molecule has 112 valence electrons. The molecule has 5 nitrogen and oxygen atoms in total. The van der Waals surface area contributed by atoms with E-state index in [0.717, 1.165) is 38.5 Å². The molecule has 1 unspecified atom stereocenters. The van der Waals surface area contributed by atoms with E-state index in [1.807, 2.05) is 0 Å². The lowest BCUT2D eigenvalue weighted by molar-refractivity contribution is -0.145. The molecule has 0 spiro atoms. The van der Waals surface area contributed by atoms with Crippen molar-refractivity contribution in [3.63, 3.8) is 0 Å². The maximum Gasteiger partial charge on any atom is 0.330 e. The molecule has 1 saturated carbocycles. The van der Waals surface area contributed by atoms with Gasteiger partial charge in [-0.2, -0.15) is 0 Å². The minimum absolute atomic E-state index is 0.111. The zero-order valence-electron chi connectivity index (χ0n) is 12.4. The van der Waals surface area contributed by atoms with E-state index in [2.05, 4.69) is 19.2 Å². The molecule has 2 rings (SSSR count). The van der Waals surface area contributed by atoms with Gasteiger partial charge in [0.1, 0.15) is 5.92 Å². The van der Waals surface area contributed by atoms with Crippen LogP contribution in [0.1, 0.15) is 52.4 Å². The van der Waals surface area contributed by atoms with E-state index in [1.165, 1.54) is 4.90 Å². The summed E-state index contributed by atoms with van der Waals surface area (Å²) in [5.41, 5.74) is 0. The van der Waals surface area contributed by atoms with Crippen LogP contribution in [0.2, 0.25) is 0 Å². The molecule has 0 aromatic rings. The number of barbiturate groups is 1. The summed E-state index contributed by atoms with van der Waals surface area (Å²) in [4.78, 5) is 37.7. The van der Waals surface area contributed by atoms with Crippen LogP contribution >= 0.6 is 0 Å². The standard InChI is InChI=1S/C15H24N2O3/c1-3-10(4-2)9-17-14(19)12(11-7-5-6-8-11)13(18)16-15(17)20/h10-12H,3-9H2,1-2H3,(H,16,18,20). The Morgan fingerprint density at radius 3 is 2.30 bits per heavy atom. The van der Waals surface area contributed by atoms with Crippen LogP contribution in [0, 0.1) is 17.8 Å². The number of carbonyl (C=O) groups is 3. The molecule has 1 aliphatic carbocycles. The summed E-state index contributed by atoms with van der Waals surface area (Å²) in [7, 11) is 0. The molecule has 0 bridgehead atoms. The topological polar surface area (TPSA) is 66.5 Å².